The van der Waals surface area contributed by atoms with E-state index in [-0.39, 0.29) is 11.0 Å². The zero-order chi connectivity index (χ0) is 18.0. The van der Waals surface area contributed by atoms with Crippen LogP contribution in [-0.2, 0) is 17.7 Å². The molecule has 0 atom stereocenters. The molecule has 0 bridgehead atoms. The van der Waals surface area contributed by atoms with Gasteiger partial charge in [-0.1, -0.05) is 36.2 Å². The Hall–Kier alpha value is -1.78. The Balaban J connectivity index is 2.99. The summed E-state index contributed by atoms with van der Waals surface area (Å²) in [5.41, 5.74) is 2.31. The van der Waals surface area contributed by atoms with Crippen LogP contribution < -0.4 is 5.43 Å². The molecule has 0 saturated heterocycles. The number of benzene rings is 1. The fourth-order valence-corrected chi connectivity index (χ4v) is 3.24. The van der Waals surface area contributed by atoms with Gasteiger partial charge in [0.2, 0.25) is 0 Å². The zero-order valence-electron chi connectivity index (χ0n) is 14.1. The molecule has 0 amide bonds. The number of aromatic nitrogens is 1. The molecule has 0 spiro atoms. The molecule has 0 aliphatic carbocycles. The molecule has 1 aromatic carbocycles. The van der Waals surface area contributed by atoms with Crippen LogP contribution in [0.5, 0.6) is 0 Å². The highest BCUT2D eigenvalue weighted by atomic mass is 35.5. The lowest BCUT2D eigenvalue weighted by atomic mass is 9.99. The highest BCUT2D eigenvalue weighted by molar-refractivity contribution is 6.42. The molecule has 0 unspecified atom stereocenters. The van der Waals surface area contributed by atoms with Gasteiger partial charge in [0.1, 0.15) is 5.56 Å². The third-order valence-electron chi connectivity index (χ3n) is 4.07. The van der Waals surface area contributed by atoms with E-state index in [4.69, 9.17) is 27.9 Å². The van der Waals surface area contributed by atoms with Crippen LogP contribution in [0.1, 0.15) is 35.5 Å². The van der Waals surface area contributed by atoms with E-state index in [2.05, 4.69) is 0 Å². The minimum Gasteiger partial charge on any atom is -0.465 e. The second kappa shape index (κ2) is 7.41. The topological polar surface area (TPSA) is 48.3 Å². The van der Waals surface area contributed by atoms with Gasteiger partial charge in [0.05, 0.1) is 22.8 Å². The summed E-state index contributed by atoms with van der Waals surface area (Å²) >= 11 is 12.1. The molecule has 0 aliphatic heterocycles. The van der Waals surface area contributed by atoms with Gasteiger partial charge in [0.25, 0.3) is 0 Å². The van der Waals surface area contributed by atoms with Crippen molar-refractivity contribution in [2.24, 2.45) is 0 Å². The standard InChI is InChI=1S/C18H19Cl2NO3/c1-5-14-10(3)17(22)15(18(23)24-4)16(21(14)6-2)11-7-8-12(19)13(20)9-11/h7-9H,5-6H2,1-4H3. The van der Waals surface area contributed by atoms with Gasteiger partial charge in [-0.05, 0) is 32.4 Å². The average Bonchev–Trinajstić information content (AvgIpc) is 2.58. The number of methoxy groups -OCH3 is 1. The Kier molecular flexibility index (Phi) is 5.73. The normalized spacial score (nSPS) is 10.8. The second-order valence-electron chi connectivity index (χ2n) is 5.34. The number of hydrogen-bond donors (Lipinski definition) is 0. The van der Waals surface area contributed by atoms with E-state index in [9.17, 15) is 9.59 Å². The van der Waals surface area contributed by atoms with Crippen molar-refractivity contribution in [2.45, 2.75) is 33.7 Å². The SMILES string of the molecule is CCc1c(C)c(=O)c(C(=O)OC)c(-c2ccc(Cl)c(Cl)c2)n1CC. The Labute approximate surface area is 151 Å². The van der Waals surface area contributed by atoms with E-state index in [1.165, 1.54) is 7.11 Å². The highest BCUT2D eigenvalue weighted by Crippen LogP contribution is 2.31. The van der Waals surface area contributed by atoms with E-state index >= 15 is 0 Å². The summed E-state index contributed by atoms with van der Waals surface area (Å²) in [5, 5.41) is 0.770. The summed E-state index contributed by atoms with van der Waals surface area (Å²) in [6.07, 6.45) is 0.671. The number of carbonyl (C=O) groups is 1. The molecule has 2 rings (SSSR count). The van der Waals surface area contributed by atoms with Crippen LogP contribution >= 0.6 is 23.2 Å². The van der Waals surface area contributed by atoms with Crippen LogP contribution in [0.4, 0.5) is 0 Å². The van der Waals surface area contributed by atoms with E-state index < -0.39 is 5.97 Å². The van der Waals surface area contributed by atoms with Gasteiger partial charge in [0.15, 0.2) is 5.43 Å². The molecule has 2 aromatic rings. The van der Waals surface area contributed by atoms with Gasteiger partial charge in [-0.2, -0.15) is 0 Å². The molecule has 0 saturated carbocycles. The molecule has 0 aliphatic rings. The van der Waals surface area contributed by atoms with Gasteiger partial charge >= 0.3 is 5.97 Å². The number of nitrogens with zero attached hydrogens (tertiary/aromatic N) is 1. The van der Waals surface area contributed by atoms with Crippen LogP contribution in [0.3, 0.4) is 0 Å². The van der Waals surface area contributed by atoms with Gasteiger partial charge in [-0.25, -0.2) is 4.79 Å². The molecule has 24 heavy (non-hydrogen) atoms. The molecule has 6 heteroatoms. The first kappa shape index (κ1) is 18.6. The summed E-state index contributed by atoms with van der Waals surface area (Å²) in [6, 6.07) is 5.05. The summed E-state index contributed by atoms with van der Waals surface area (Å²) < 4.78 is 6.81. The van der Waals surface area contributed by atoms with Crippen LogP contribution in [0.15, 0.2) is 23.0 Å². The van der Waals surface area contributed by atoms with Crippen molar-refractivity contribution < 1.29 is 9.53 Å². The maximum Gasteiger partial charge on any atom is 0.344 e. The lowest BCUT2D eigenvalue weighted by molar-refractivity contribution is 0.0599. The van der Waals surface area contributed by atoms with Gasteiger partial charge < -0.3 is 9.30 Å². The van der Waals surface area contributed by atoms with Crippen molar-refractivity contribution in [1.82, 2.24) is 4.57 Å². The fraction of sp³-hybridized carbons (Fsp3) is 0.333. The minimum absolute atomic E-state index is 0.0208. The van der Waals surface area contributed by atoms with Crippen molar-refractivity contribution in [1.29, 1.82) is 0 Å². The first-order valence-electron chi connectivity index (χ1n) is 7.67. The average molecular weight is 368 g/mol. The summed E-state index contributed by atoms with van der Waals surface area (Å²) in [7, 11) is 1.26. The van der Waals surface area contributed by atoms with E-state index in [1.807, 2.05) is 18.4 Å². The third-order valence-corrected chi connectivity index (χ3v) is 4.81. The Morgan fingerprint density at radius 3 is 2.38 bits per heavy atom. The second-order valence-corrected chi connectivity index (χ2v) is 6.16. The predicted molar refractivity (Wildman–Crippen MR) is 97.3 cm³/mol. The number of esters is 1. The molecule has 0 fully saturated rings. The molecule has 4 nitrogen and oxygen atoms in total. The molecule has 128 valence electrons. The third kappa shape index (κ3) is 3.08. The lowest BCUT2D eigenvalue weighted by Crippen LogP contribution is -2.27. The number of rotatable bonds is 4. The van der Waals surface area contributed by atoms with E-state index in [0.717, 1.165) is 5.69 Å². The lowest BCUT2D eigenvalue weighted by Gasteiger charge is -2.21. The van der Waals surface area contributed by atoms with Crippen molar-refractivity contribution in [2.75, 3.05) is 7.11 Å². The molecule has 0 radical (unpaired) electrons. The molecule has 1 heterocycles. The molecular formula is C18H19Cl2NO3. The maximum atomic E-state index is 12.8. The van der Waals surface area contributed by atoms with Crippen LogP contribution in [0.2, 0.25) is 10.0 Å². The Bertz CT molecular complexity index is 856. The smallest absolute Gasteiger partial charge is 0.344 e. The monoisotopic (exact) mass is 367 g/mol. The first-order chi connectivity index (χ1) is 11.4. The van der Waals surface area contributed by atoms with Crippen LogP contribution in [0.25, 0.3) is 11.3 Å². The summed E-state index contributed by atoms with van der Waals surface area (Å²) in [6.45, 7) is 6.28. The fourth-order valence-electron chi connectivity index (χ4n) is 2.94. The molecule has 0 N–H and O–H groups in total. The van der Waals surface area contributed by atoms with Gasteiger partial charge in [-0.15, -0.1) is 0 Å². The van der Waals surface area contributed by atoms with E-state index in [1.54, 1.807) is 25.1 Å². The van der Waals surface area contributed by atoms with Gasteiger partial charge in [0, 0.05) is 23.4 Å². The van der Waals surface area contributed by atoms with Crippen LogP contribution in [0, 0.1) is 6.92 Å². The molecule has 1 aromatic heterocycles. The maximum absolute atomic E-state index is 12.8. The van der Waals surface area contributed by atoms with E-state index in [0.29, 0.717) is 39.8 Å². The zero-order valence-corrected chi connectivity index (χ0v) is 15.6. The largest absolute Gasteiger partial charge is 0.465 e. The quantitative estimate of drug-likeness (QED) is 0.747. The Morgan fingerprint density at radius 2 is 1.88 bits per heavy atom. The van der Waals surface area contributed by atoms with Crippen LogP contribution in [-0.4, -0.2) is 17.6 Å². The summed E-state index contributed by atoms with van der Waals surface area (Å²) in [5.74, 6) is -0.658. The Morgan fingerprint density at radius 1 is 1.21 bits per heavy atom. The number of carbonyl (C=O) groups excluding carboxylic acids is 1. The van der Waals surface area contributed by atoms with Crippen molar-refractivity contribution >= 4 is 29.2 Å². The van der Waals surface area contributed by atoms with Crippen molar-refractivity contribution in [3.05, 3.63) is 55.3 Å². The predicted octanol–water partition coefficient (Wildman–Crippen LogP) is 4.50. The van der Waals surface area contributed by atoms with Crippen molar-refractivity contribution in [3.63, 3.8) is 0 Å². The van der Waals surface area contributed by atoms with Crippen molar-refractivity contribution in [3.8, 4) is 11.3 Å². The van der Waals surface area contributed by atoms with Gasteiger partial charge in [-0.3, -0.25) is 4.79 Å². The highest BCUT2D eigenvalue weighted by Gasteiger charge is 2.25. The number of ether oxygens (including phenoxy) is 1. The number of hydrogen-bond acceptors (Lipinski definition) is 3. The first-order valence-corrected chi connectivity index (χ1v) is 8.42. The molecular weight excluding hydrogens is 349 g/mol. The number of halogens is 2. The summed E-state index contributed by atoms with van der Waals surface area (Å²) in [4.78, 5) is 25.1. The minimum atomic E-state index is -0.658. The number of pyridine rings is 1.